The molecule has 0 saturated heterocycles. The normalized spacial score (nSPS) is 11.7. The number of benzene rings is 3. The molecule has 0 aliphatic heterocycles. The molecular weight excluding hydrogens is 478 g/mol. The molecule has 0 saturated carbocycles. The fraction of sp³-hybridized carbons (Fsp3) is 0.185. The number of urea groups is 1. The van der Waals surface area contributed by atoms with Gasteiger partial charge in [0.1, 0.15) is 5.75 Å². The van der Waals surface area contributed by atoms with E-state index in [-0.39, 0.29) is 0 Å². The first kappa shape index (κ1) is 26.3. The van der Waals surface area contributed by atoms with Gasteiger partial charge in [0.25, 0.3) is 0 Å². The zero-order chi connectivity index (χ0) is 26.1. The summed E-state index contributed by atoms with van der Waals surface area (Å²) >= 11 is 0. The van der Waals surface area contributed by atoms with E-state index >= 15 is 0 Å². The Balaban J connectivity index is 1.94. The lowest BCUT2D eigenvalue weighted by Crippen LogP contribution is -2.38. The number of rotatable bonds is 9. The highest BCUT2D eigenvalue weighted by atomic mass is 32.3. The van der Waals surface area contributed by atoms with Crippen LogP contribution in [0.1, 0.15) is 18.1 Å². The van der Waals surface area contributed by atoms with E-state index in [4.69, 9.17) is 14.2 Å². The van der Waals surface area contributed by atoms with Crippen LogP contribution >= 0.6 is 0 Å². The van der Waals surface area contributed by atoms with Gasteiger partial charge in [0.2, 0.25) is 0 Å². The van der Waals surface area contributed by atoms with Gasteiger partial charge in [-0.1, -0.05) is 30.3 Å². The fourth-order valence-corrected chi connectivity index (χ4v) is 4.92. The van der Waals surface area contributed by atoms with E-state index in [1.54, 1.807) is 61.7 Å². The lowest BCUT2D eigenvalue weighted by molar-refractivity contribution is 0.256. The van der Waals surface area contributed by atoms with E-state index in [9.17, 15) is 14.3 Å². The van der Waals surface area contributed by atoms with E-state index in [0.717, 1.165) is 5.56 Å². The largest absolute Gasteiger partial charge is 0.495 e. The Morgan fingerprint density at radius 1 is 0.972 bits per heavy atom. The number of anilines is 1. The molecule has 0 spiro atoms. The minimum Gasteiger partial charge on any atom is -0.495 e. The summed E-state index contributed by atoms with van der Waals surface area (Å²) in [6.07, 6.45) is 2.90. The molecule has 0 bridgehead atoms. The van der Waals surface area contributed by atoms with Crippen LogP contribution < -0.4 is 24.2 Å². The third kappa shape index (κ3) is 6.23. The summed E-state index contributed by atoms with van der Waals surface area (Å²) in [7, 11) is -0.113. The van der Waals surface area contributed by atoms with Gasteiger partial charge >= 0.3 is 6.03 Å². The molecule has 0 atom stereocenters. The maximum absolute atomic E-state index is 13.1. The highest BCUT2D eigenvalue weighted by Crippen LogP contribution is 2.35. The van der Waals surface area contributed by atoms with Gasteiger partial charge in [-0.2, -0.15) is 5.26 Å². The van der Waals surface area contributed by atoms with Crippen molar-refractivity contribution >= 4 is 27.4 Å². The van der Waals surface area contributed by atoms with E-state index in [2.05, 4.69) is 16.1 Å². The first-order valence-corrected chi connectivity index (χ1v) is 13.3. The van der Waals surface area contributed by atoms with Crippen LogP contribution in [0.3, 0.4) is 0 Å². The second-order valence-electron chi connectivity index (χ2n) is 7.73. The van der Waals surface area contributed by atoms with Crippen molar-refractivity contribution in [3.8, 4) is 23.3 Å². The Bertz CT molecular complexity index is 1350. The molecule has 0 radical (unpaired) electrons. The van der Waals surface area contributed by atoms with Gasteiger partial charge in [0.05, 0.1) is 32.6 Å². The number of nitrogens with zero attached hydrogens (tertiary/aromatic N) is 1. The summed E-state index contributed by atoms with van der Waals surface area (Å²) in [5, 5.41) is 12.2. The Morgan fingerprint density at radius 3 is 2.22 bits per heavy atom. The SMILES string of the molecule is CCOc1cc(/C(=C/C#N)c2ccc(OC)c(NC(=O)N[SH](C)(=O)c3ccccc3)c2)ccc1OC. The summed E-state index contributed by atoms with van der Waals surface area (Å²) in [5.41, 5.74) is 2.34. The number of nitrogens with one attached hydrogen (secondary N) is 2. The minimum absolute atomic E-state index is 0.350. The molecule has 2 amide bonds. The predicted molar refractivity (Wildman–Crippen MR) is 142 cm³/mol. The average molecular weight is 508 g/mol. The van der Waals surface area contributed by atoms with Crippen LogP contribution in [0.4, 0.5) is 10.5 Å². The van der Waals surface area contributed by atoms with Gasteiger partial charge in [-0.3, -0.25) is 8.93 Å². The Morgan fingerprint density at radius 2 is 1.61 bits per heavy atom. The van der Waals surface area contributed by atoms with Crippen LogP contribution in [-0.2, 0) is 10.1 Å². The number of carbonyl (C=O) groups is 1. The fourth-order valence-electron chi connectivity index (χ4n) is 3.60. The van der Waals surface area contributed by atoms with E-state index in [0.29, 0.717) is 45.6 Å². The molecule has 0 aliphatic rings. The first-order chi connectivity index (χ1) is 17.3. The third-order valence-corrected chi connectivity index (χ3v) is 7.22. The molecule has 8 nitrogen and oxygen atoms in total. The number of thiol groups is 1. The van der Waals surface area contributed by atoms with Gasteiger partial charge in [-0.25, -0.2) is 4.79 Å². The van der Waals surface area contributed by atoms with Crippen LogP contribution in [-0.4, -0.2) is 37.3 Å². The molecule has 3 rings (SSSR count). The topological polar surface area (TPSA) is 110 Å². The second-order valence-corrected chi connectivity index (χ2v) is 10.3. The summed E-state index contributed by atoms with van der Waals surface area (Å²) in [6.45, 7) is 2.32. The lowest BCUT2D eigenvalue weighted by atomic mass is 9.96. The number of amides is 2. The van der Waals surface area contributed by atoms with Crippen molar-refractivity contribution in [1.29, 1.82) is 5.26 Å². The number of nitriles is 1. The van der Waals surface area contributed by atoms with Gasteiger partial charge in [0.15, 0.2) is 11.5 Å². The van der Waals surface area contributed by atoms with Crippen LogP contribution in [0.15, 0.2) is 77.7 Å². The number of ether oxygens (including phenoxy) is 3. The zero-order valence-electron chi connectivity index (χ0n) is 20.6. The number of hydrogen-bond acceptors (Lipinski definition) is 6. The van der Waals surface area contributed by atoms with Crippen molar-refractivity contribution in [3.05, 3.63) is 83.9 Å². The predicted octanol–water partition coefficient (Wildman–Crippen LogP) is 4.80. The van der Waals surface area contributed by atoms with Crippen molar-refractivity contribution in [2.45, 2.75) is 11.8 Å². The van der Waals surface area contributed by atoms with Gasteiger partial charge in [0, 0.05) is 17.2 Å². The van der Waals surface area contributed by atoms with Gasteiger partial charge in [-0.05, 0) is 70.1 Å². The first-order valence-electron chi connectivity index (χ1n) is 11.1. The van der Waals surface area contributed by atoms with Crippen LogP contribution in [0.5, 0.6) is 17.2 Å². The van der Waals surface area contributed by atoms with Crippen molar-refractivity contribution in [2.75, 3.05) is 32.4 Å². The molecule has 3 aromatic rings. The quantitative estimate of drug-likeness (QED) is 0.284. The number of hydrogen-bond donors (Lipinski definition) is 3. The molecule has 2 N–H and O–H groups in total. The molecule has 0 aromatic heterocycles. The van der Waals surface area contributed by atoms with E-state index in [1.807, 2.05) is 19.1 Å². The number of methoxy groups -OCH3 is 2. The van der Waals surface area contributed by atoms with Gasteiger partial charge < -0.3 is 19.5 Å². The van der Waals surface area contributed by atoms with Gasteiger partial charge in [-0.15, -0.1) is 0 Å². The highest BCUT2D eigenvalue weighted by Gasteiger charge is 2.18. The molecule has 0 fully saturated rings. The van der Waals surface area contributed by atoms with Crippen LogP contribution in [0, 0.1) is 11.3 Å². The monoisotopic (exact) mass is 507 g/mol. The van der Waals surface area contributed by atoms with Crippen LogP contribution in [0.2, 0.25) is 0 Å². The molecule has 9 heteroatoms. The maximum Gasteiger partial charge on any atom is 0.329 e. The molecule has 0 aliphatic carbocycles. The molecule has 36 heavy (non-hydrogen) atoms. The van der Waals surface area contributed by atoms with E-state index < -0.39 is 16.1 Å². The second kappa shape index (κ2) is 11.9. The summed E-state index contributed by atoms with van der Waals surface area (Å²) in [5.74, 6) is 1.53. The molecule has 0 unspecified atom stereocenters. The summed E-state index contributed by atoms with van der Waals surface area (Å²) < 4.78 is 32.1. The maximum atomic E-state index is 13.1. The molecule has 188 valence electrons. The standard InChI is InChI=1S/C27H29N3O5S/c1-5-35-26-18-20(12-14-25(26)34-3)22(15-16-28)19-11-13-24(33-2)23(17-19)29-27(31)30-36(4,32)21-9-7-6-8-10-21/h6-15,17-18,36H,5H2,1-4H3,(H2,29,30,31,32)/b22-15+. The zero-order valence-corrected chi connectivity index (χ0v) is 21.5. The number of carbonyl (C=O) groups excluding carboxylic acids is 1. The molecule has 3 aromatic carbocycles. The minimum atomic E-state index is -3.15. The average Bonchev–Trinajstić information content (AvgIpc) is 2.87. The smallest absolute Gasteiger partial charge is 0.329 e. The highest BCUT2D eigenvalue weighted by molar-refractivity contribution is 8.01. The summed E-state index contributed by atoms with van der Waals surface area (Å²) in [4.78, 5) is 13.3. The number of allylic oxidation sites excluding steroid dienone is 1. The van der Waals surface area contributed by atoms with Crippen molar-refractivity contribution in [1.82, 2.24) is 4.72 Å². The van der Waals surface area contributed by atoms with Crippen LogP contribution in [0.25, 0.3) is 5.57 Å². The lowest BCUT2D eigenvalue weighted by Gasteiger charge is -2.22. The van der Waals surface area contributed by atoms with Crippen molar-refractivity contribution in [3.63, 3.8) is 0 Å². The Hall–Kier alpha value is -4.29. The van der Waals surface area contributed by atoms with Crippen molar-refractivity contribution in [2.24, 2.45) is 0 Å². The Kier molecular flexibility index (Phi) is 8.71. The Labute approximate surface area is 212 Å². The van der Waals surface area contributed by atoms with Crippen molar-refractivity contribution < 1.29 is 23.2 Å². The third-order valence-electron chi connectivity index (χ3n) is 5.31. The summed E-state index contributed by atoms with van der Waals surface area (Å²) in [6, 6.07) is 20.7. The van der Waals surface area contributed by atoms with E-state index in [1.165, 1.54) is 19.4 Å². The molecular formula is C27H29N3O5S. The molecule has 0 heterocycles.